The Morgan fingerprint density at radius 2 is 1.81 bits per heavy atom. The Morgan fingerprint density at radius 1 is 1.08 bits per heavy atom. The number of rotatable bonds is 13. The van der Waals surface area contributed by atoms with Crippen LogP contribution in [0.2, 0.25) is 0 Å². The highest BCUT2D eigenvalue weighted by atomic mass is 16.5. The van der Waals surface area contributed by atoms with Gasteiger partial charge in [-0.1, -0.05) is 20.3 Å². The summed E-state index contributed by atoms with van der Waals surface area (Å²) in [6, 6.07) is 13.2. The molecular formula is C37H55N7O4. The van der Waals surface area contributed by atoms with Crippen LogP contribution in [0.4, 0.5) is 11.5 Å². The van der Waals surface area contributed by atoms with Crippen molar-refractivity contribution in [2.45, 2.75) is 78.6 Å². The zero-order chi connectivity index (χ0) is 34.6. The fourth-order valence-electron chi connectivity index (χ4n) is 7.01. The molecule has 5 rings (SSSR count). The monoisotopic (exact) mass is 661 g/mol. The Labute approximate surface area is 286 Å². The first-order valence-corrected chi connectivity index (χ1v) is 17.5. The quantitative estimate of drug-likeness (QED) is 0.229. The summed E-state index contributed by atoms with van der Waals surface area (Å²) in [5.74, 6) is 2.51. The summed E-state index contributed by atoms with van der Waals surface area (Å²) in [6.07, 6.45) is 7.05. The molecule has 48 heavy (non-hydrogen) atoms. The number of carbonyl (C=O) groups is 2. The molecule has 1 amide bonds. The number of ether oxygens (including phenoxy) is 1. The smallest absolute Gasteiger partial charge is 0.290 e. The van der Waals surface area contributed by atoms with Crippen LogP contribution in [0.1, 0.15) is 80.9 Å². The molecule has 2 aromatic heterocycles. The molecule has 2 saturated heterocycles. The van der Waals surface area contributed by atoms with Crippen molar-refractivity contribution in [3.05, 3.63) is 59.0 Å². The normalized spacial score (nSPS) is 17.1. The van der Waals surface area contributed by atoms with Crippen LogP contribution in [0.5, 0.6) is 5.75 Å². The third-order valence-electron chi connectivity index (χ3n) is 9.71. The molecule has 2 aliphatic heterocycles. The molecule has 1 aromatic carbocycles. The molecular weight excluding hydrogens is 606 g/mol. The zero-order valence-corrected chi connectivity index (χ0v) is 29.5. The average Bonchev–Trinajstić information content (AvgIpc) is 3.69. The highest BCUT2D eigenvalue weighted by Crippen LogP contribution is 2.32. The summed E-state index contributed by atoms with van der Waals surface area (Å²) >= 11 is 0. The standard InChI is InChI=1S/C36H53N7O2.CH2O2/c1-6-8-9-35(44)42-18-16-41(17-19-42)32-21-30(22-33(23-32)43-27(4)20-26(3)39-43)29(7-2)25-40-15-14-28(24-40)10-11-31-12-13-34(45-5)36(37)38-31;2-1-3/h12-13,20-23,28-29H,6-11,14-19,24-25H2,1-5H3,(H2,37,38);1H,(H,2,3). The lowest BCUT2D eigenvalue weighted by Crippen LogP contribution is -2.48. The number of unbranched alkanes of at least 4 members (excludes halogenated alkanes) is 1. The number of hydrogen-bond donors (Lipinski definition) is 2. The largest absolute Gasteiger partial charge is 0.493 e. The minimum atomic E-state index is -0.250. The number of benzene rings is 1. The lowest BCUT2D eigenvalue weighted by Gasteiger charge is -2.37. The molecule has 0 saturated carbocycles. The number of aromatic nitrogens is 3. The van der Waals surface area contributed by atoms with Gasteiger partial charge in [-0.15, -0.1) is 0 Å². The minimum absolute atomic E-state index is 0.250. The number of methoxy groups -OCH3 is 1. The van der Waals surface area contributed by atoms with E-state index in [0.717, 1.165) is 101 Å². The predicted molar refractivity (Wildman–Crippen MR) is 191 cm³/mol. The molecule has 11 nitrogen and oxygen atoms in total. The number of pyridine rings is 1. The second kappa shape index (κ2) is 17.9. The van der Waals surface area contributed by atoms with Crippen LogP contribution in [0, 0.1) is 19.8 Å². The Morgan fingerprint density at radius 3 is 2.44 bits per heavy atom. The average molecular weight is 662 g/mol. The number of anilines is 2. The highest BCUT2D eigenvalue weighted by molar-refractivity contribution is 5.76. The number of amides is 1. The second-order valence-corrected chi connectivity index (χ2v) is 13.1. The number of nitrogens with two attached hydrogens (primary N) is 1. The van der Waals surface area contributed by atoms with Crippen molar-refractivity contribution in [3.8, 4) is 11.4 Å². The van der Waals surface area contributed by atoms with E-state index in [4.69, 9.17) is 25.5 Å². The summed E-state index contributed by atoms with van der Waals surface area (Å²) in [4.78, 5) is 32.8. The van der Waals surface area contributed by atoms with Gasteiger partial charge in [0.05, 0.1) is 18.5 Å². The van der Waals surface area contributed by atoms with Crippen LogP contribution in [-0.4, -0.2) is 95.0 Å². The number of nitrogens with zero attached hydrogens (tertiary/aromatic N) is 6. The summed E-state index contributed by atoms with van der Waals surface area (Å²) in [7, 11) is 1.62. The lowest BCUT2D eigenvalue weighted by atomic mass is 9.94. The van der Waals surface area contributed by atoms with Crippen LogP contribution in [0.15, 0.2) is 36.4 Å². The number of piperazine rings is 1. The van der Waals surface area contributed by atoms with E-state index < -0.39 is 0 Å². The van der Waals surface area contributed by atoms with Gasteiger partial charge in [0, 0.05) is 62.8 Å². The van der Waals surface area contributed by atoms with Gasteiger partial charge in [-0.2, -0.15) is 5.10 Å². The SMILES string of the molecule is CCCCC(=O)N1CCN(c2cc(C(CC)CN3CCC(CCc4ccc(OC)c(N)n4)C3)cc(-n3nc(C)cc3C)c2)CC1.O=CO. The van der Waals surface area contributed by atoms with Crippen molar-refractivity contribution >= 4 is 23.9 Å². The molecule has 0 spiro atoms. The molecule has 2 fully saturated rings. The molecule has 262 valence electrons. The fraction of sp³-hybridized carbons (Fsp3) is 0.568. The van der Waals surface area contributed by atoms with Crippen molar-refractivity contribution in [1.82, 2.24) is 24.6 Å². The van der Waals surface area contributed by atoms with Gasteiger partial charge in [-0.05, 0) is 106 Å². The number of hydrogen-bond acceptors (Lipinski definition) is 8. The maximum absolute atomic E-state index is 12.7. The fourth-order valence-corrected chi connectivity index (χ4v) is 7.01. The first-order valence-electron chi connectivity index (χ1n) is 17.5. The van der Waals surface area contributed by atoms with E-state index in [1.165, 1.54) is 17.7 Å². The first-order chi connectivity index (χ1) is 23.2. The summed E-state index contributed by atoms with van der Waals surface area (Å²) < 4.78 is 7.35. The van der Waals surface area contributed by atoms with Crippen LogP contribution in [-0.2, 0) is 16.0 Å². The van der Waals surface area contributed by atoms with Crippen molar-refractivity contribution in [2.75, 3.05) is 63.6 Å². The number of carboxylic acid groups (broad SMARTS) is 1. The van der Waals surface area contributed by atoms with E-state index in [1.54, 1.807) is 7.11 Å². The maximum Gasteiger partial charge on any atom is 0.290 e. The molecule has 2 atom stereocenters. The van der Waals surface area contributed by atoms with Crippen molar-refractivity contribution in [2.24, 2.45) is 5.92 Å². The van der Waals surface area contributed by atoms with Gasteiger partial charge in [0.1, 0.15) is 0 Å². The molecule has 0 aliphatic carbocycles. The number of nitrogen functional groups attached to an aromatic ring is 1. The lowest BCUT2D eigenvalue weighted by molar-refractivity contribution is -0.131. The Kier molecular flexibility index (Phi) is 13.7. The first kappa shape index (κ1) is 36.7. The number of likely N-dealkylation sites (tertiary alicyclic amines) is 1. The van der Waals surface area contributed by atoms with Crippen LogP contribution >= 0.6 is 0 Å². The van der Waals surface area contributed by atoms with Gasteiger partial charge in [-0.25, -0.2) is 9.67 Å². The van der Waals surface area contributed by atoms with E-state index in [2.05, 4.69) is 76.3 Å². The predicted octanol–water partition coefficient (Wildman–Crippen LogP) is 5.46. The Bertz CT molecular complexity index is 1480. The topological polar surface area (TPSA) is 130 Å². The van der Waals surface area contributed by atoms with Crippen molar-refractivity contribution in [3.63, 3.8) is 0 Å². The van der Waals surface area contributed by atoms with Gasteiger partial charge >= 0.3 is 0 Å². The third-order valence-corrected chi connectivity index (χ3v) is 9.71. The highest BCUT2D eigenvalue weighted by Gasteiger charge is 2.27. The van der Waals surface area contributed by atoms with E-state index in [-0.39, 0.29) is 6.47 Å². The Balaban J connectivity index is 0.00000167. The van der Waals surface area contributed by atoms with Gasteiger partial charge in [0.25, 0.3) is 6.47 Å². The van der Waals surface area contributed by atoms with Crippen LogP contribution < -0.4 is 15.4 Å². The summed E-state index contributed by atoms with van der Waals surface area (Å²) in [6.45, 7) is 15.0. The maximum atomic E-state index is 12.7. The van der Waals surface area contributed by atoms with E-state index in [9.17, 15) is 4.79 Å². The number of aryl methyl sites for hydroxylation is 3. The molecule has 3 aromatic rings. The van der Waals surface area contributed by atoms with Gasteiger partial charge < -0.3 is 30.3 Å². The molecule has 0 bridgehead atoms. The van der Waals surface area contributed by atoms with E-state index >= 15 is 0 Å². The van der Waals surface area contributed by atoms with E-state index in [1.807, 2.05) is 12.1 Å². The van der Waals surface area contributed by atoms with Gasteiger partial charge in [0.15, 0.2) is 11.6 Å². The van der Waals surface area contributed by atoms with Crippen molar-refractivity contribution < 1.29 is 19.4 Å². The van der Waals surface area contributed by atoms with Crippen LogP contribution in [0.25, 0.3) is 5.69 Å². The molecule has 11 heteroatoms. The number of carbonyl (C=O) groups excluding carboxylic acids is 1. The molecule has 0 radical (unpaired) electrons. The molecule has 4 heterocycles. The molecule has 2 unspecified atom stereocenters. The molecule has 2 aliphatic rings. The van der Waals surface area contributed by atoms with Gasteiger partial charge in [0.2, 0.25) is 5.91 Å². The molecule has 3 N–H and O–H groups in total. The minimum Gasteiger partial charge on any atom is -0.493 e. The Hall–Kier alpha value is -4.12. The van der Waals surface area contributed by atoms with Gasteiger partial charge in [-0.3, -0.25) is 9.59 Å². The van der Waals surface area contributed by atoms with E-state index in [0.29, 0.717) is 35.7 Å². The summed E-state index contributed by atoms with van der Waals surface area (Å²) in [5.41, 5.74) is 13.0. The van der Waals surface area contributed by atoms with Crippen molar-refractivity contribution in [1.29, 1.82) is 0 Å². The zero-order valence-electron chi connectivity index (χ0n) is 29.5. The second-order valence-electron chi connectivity index (χ2n) is 13.1. The third kappa shape index (κ3) is 9.71. The van der Waals surface area contributed by atoms with Crippen LogP contribution in [0.3, 0.4) is 0 Å². The summed E-state index contributed by atoms with van der Waals surface area (Å²) in [5, 5.41) is 11.7.